The fourth-order valence-electron chi connectivity index (χ4n) is 4.40. The van der Waals surface area contributed by atoms with Crippen molar-refractivity contribution >= 4 is 24.4 Å². The summed E-state index contributed by atoms with van der Waals surface area (Å²) >= 11 is 0. The van der Waals surface area contributed by atoms with E-state index in [2.05, 4.69) is 11.9 Å². The van der Waals surface area contributed by atoms with Crippen LogP contribution in [0.3, 0.4) is 0 Å². The lowest BCUT2D eigenvalue weighted by atomic mass is 9.88. The van der Waals surface area contributed by atoms with E-state index in [0.717, 1.165) is 51.9 Å². The molecule has 1 aromatic heterocycles. The van der Waals surface area contributed by atoms with Gasteiger partial charge in [0.25, 0.3) is 0 Å². The predicted octanol–water partition coefficient (Wildman–Crippen LogP) is 3.93. The number of fused-ring (bicyclic) bond motifs is 3. The highest BCUT2D eigenvalue weighted by molar-refractivity contribution is 6.07. The van der Waals surface area contributed by atoms with Crippen molar-refractivity contribution in [2.45, 2.75) is 32.1 Å². The van der Waals surface area contributed by atoms with Crippen molar-refractivity contribution in [3.8, 4) is 22.4 Å². The van der Waals surface area contributed by atoms with E-state index >= 15 is 0 Å². The third kappa shape index (κ3) is 3.40. The van der Waals surface area contributed by atoms with Gasteiger partial charge in [-0.1, -0.05) is 43.7 Å². The molecule has 6 nitrogen and oxygen atoms in total. The lowest BCUT2D eigenvalue weighted by molar-refractivity contribution is -0.143. The monoisotopic (exact) mass is 413 g/mol. The van der Waals surface area contributed by atoms with Crippen molar-refractivity contribution in [3.05, 3.63) is 71.4 Å². The second-order valence-electron chi connectivity index (χ2n) is 7.57. The summed E-state index contributed by atoms with van der Waals surface area (Å²) in [5, 5.41) is 0. The SMILES string of the molecule is CCCCc1c(N)ccc2c1C(C(=O)N(C=O)C=O)c1cccc(-c3ccccn3)c1-2. The number of hydrogen-bond donors (Lipinski definition) is 1. The van der Waals surface area contributed by atoms with Crippen LogP contribution in [0.5, 0.6) is 0 Å². The minimum atomic E-state index is -0.778. The first-order valence-electron chi connectivity index (χ1n) is 10.3. The van der Waals surface area contributed by atoms with Crippen molar-refractivity contribution in [2.24, 2.45) is 0 Å². The third-order valence-corrected chi connectivity index (χ3v) is 5.81. The Morgan fingerprint density at radius 3 is 2.55 bits per heavy atom. The number of carbonyl (C=O) groups is 3. The van der Waals surface area contributed by atoms with E-state index in [1.54, 1.807) is 6.20 Å². The molecule has 3 aromatic rings. The van der Waals surface area contributed by atoms with Crippen molar-refractivity contribution in [2.75, 3.05) is 5.73 Å². The van der Waals surface area contributed by atoms with Crippen molar-refractivity contribution in [3.63, 3.8) is 0 Å². The van der Waals surface area contributed by atoms with Crippen molar-refractivity contribution in [1.82, 2.24) is 9.88 Å². The number of benzene rings is 2. The summed E-state index contributed by atoms with van der Waals surface area (Å²) in [6.45, 7) is 2.09. The van der Waals surface area contributed by atoms with Gasteiger partial charge in [0.1, 0.15) is 0 Å². The Labute approximate surface area is 180 Å². The van der Waals surface area contributed by atoms with Gasteiger partial charge in [-0.2, -0.15) is 0 Å². The van der Waals surface area contributed by atoms with Gasteiger partial charge >= 0.3 is 0 Å². The Morgan fingerprint density at radius 1 is 1.06 bits per heavy atom. The average molecular weight is 413 g/mol. The zero-order valence-corrected chi connectivity index (χ0v) is 17.2. The van der Waals surface area contributed by atoms with Gasteiger partial charge in [-0.3, -0.25) is 19.4 Å². The van der Waals surface area contributed by atoms with E-state index in [4.69, 9.17) is 5.73 Å². The molecule has 4 rings (SSSR count). The van der Waals surface area contributed by atoms with Gasteiger partial charge in [0, 0.05) is 17.4 Å². The first kappa shape index (κ1) is 20.5. The first-order chi connectivity index (χ1) is 15.1. The van der Waals surface area contributed by atoms with E-state index in [-0.39, 0.29) is 12.8 Å². The molecule has 0 saturated carbocycles. The maximum Gasteiger partial charge on any atom is 0.247 e. The number of nitrogen functional groups attached to an aromatic ring is 1. The fraction of sp³-hybridized carbons (Fsp3) is 0.200. The Balaban J connectivity index is 2.02. The third-order valence-electron chi connectivity index (χ3n) is 5.81. The van der Waals surface area contributed by atoms with Crippen LogP contribution >= 0.6 is 0 Å². The van der Waals surface area contributed by atoms with Crippen LogP contribution in [0.25, 0.3) is 22.4 Å². The Bertz CT molecular complexity index is 1150. The maximum atomic E-state index is 13.3. The summed E-state index contributed by atoms with van der Waals surface area (Å²) in [5.74, 6) is -1.36. The molecule has 1 unspecified atom stereocenters. The number of imide groups is 3. The van der Waals surface area contributed by atoms with Gasteiger partial charge in [-0.15, -0.1) is 0 Å². The predicted molar refractivity (Wildman–Crippen MR) is 119 cm³/mol. The Morgan fingerprint density at radius 2 is 1.87 bits per heavy atom. The summed E-state index contributed by atoms with van der Waals surface area (Å²) < 4.78 is 0. The molecule has 0 saturated heterocycles. The standard InChI is InChI=1S/C25H23N3O3/c1-2-3-7-16-20(26)12-11-19-22-17(21-10-4-5-13-27-21)8-6-9-18(22)24(23(16)19)25(31)28(14-29)15-30/h4-6,8-15,24H,2-3,7,26H2,1H3. The molecule has 2 N–H and O–H groups in total. The number of carbonyl (C=O) groups excluding carboxylic acids is 3. The van der Waals surface area contributed by atoms with E-state index in [0.29, 0.717) is 17.0 Å². The van der Waals surface area contributed by atoms with Crippen LogP contribution in [0.1, 0.15) is 42.4 Å². The highest BCUT2D eigenvalue weighted by Crippen LogP contribution is 2.51. The number of aromatic nitrogens is 1. The second-order valence-corrected chi connectivity index (χ2v) is 7.57. The Kier molecular flexibility index (Phi) is 5.62. The summed E-state index contributed by atoms with van der Waals surface area (Å²) in [5.41, 5.74) is 12.9. The van der Waals surface area contributed by atoms with Crippen LogP contribution in [0.4, 0.5) is 5.69 Å². The molecule has 1 atom stereocenters. The van der Waals surface area contributed by atoms with Crippen LogP contribution in [-0.4, -0.2) is 28.6 Å². The summed E-state index contributed by atoms with van der Waals surface area (Å²) in [7, 11) is 0. The summed E-state index contributed by atoms with van der Waals surface area (Å²) in [6, 6.07) is 15.2. The zero-order chi connectivity index (χ0) is 22.0. The molecular formula is C25H23N3O3. The van der Waals surface area contributed by atoms with Crippen LogP contribution < -0.4 is 5.73 Å². The molecular weight excluding hydrogens is 390 g/mol. The molecule has 1 heterocycles. The number of unbranched alkanes of at least 4 members (excludes halogenated alkanes) is 1. The van der Waals surface area contributed by atoms with Crippen LogP contribution in [0.2, 0.25) is 0 Å². The maximum absolute atomic E-state index is 13.3. The van der Waals surface area contributed by atoms with Crippen LogP contribution in [0.15, 0.2) is 54.7 Å². The van der Waals surface area contributed by atoms with Gasteiger partial charge in [-0.25, -0.2) is 4.90 Å². The second kappa shape index (κ2) is 8.52. The average Bonchev–Trinajstić information content (AvgIpc) is 3.14. The summed E-state index contributed by atoms with van der Waals surface area (Å²) in [4.78, 5) is 41.2. The van der Waals surface area contributed by atoms with Gasteiger partial charge < -0.3 is 5.73 Å². The molecule has 2 aromatic carbocycles. The molecule has 0 fully saturated rings. The molecule has 0 radical (unpaired) electrons. The zero-order valence-electron chi connectivity index (χ0n) is 17.2. The van der Waals surface area contributed by atoms with Crippen LogP contribution in [-0.2, 0) is 20.8 Å². The highest BCUT2D eigenvalue weighted by atomic mass is 16.2. The van der Waals surface area contributed by atoms with Crippen LogP contribution in [0, 0.1) is 0 Å². The molecule has 0 bridgehead atoms. The molecule has 0 spiro atoms. The molecule has 6 heteroatoms. The minimum Gasteiger partial charge on any atom is -0.398 e. The van der Waals surface area contributed by atoms with E-state index in [1.165, 1.54) is 0 Å². The first-order valence-corrected chi connectivity index (χ1v) is 10.3. The van der Waals surface area contributed by atoms with Gasteiger partial charge in [0.15, 0.2) is 0 Å². The van der Waals surface area contributed by atoms with Gasteiger partial charge in [-0.05, 0) is 58.9 Å². The largest absolute Gasteiger partial charge is 0.398 e. The lowest BCUT2D eigenvalue weighted by Crippen LogP contribution is -2.33. The number of rotatable bonds is 7. The molecule has 31 heavy (non-hydrogen) atoms. The van der Waals surface area contributed by atoms with Crippen molar-refractivity contribution < 1.29 is 14.4 Å². The molecule has 156 valence electrons. The molecule has 0 aliphatic heterocycles. The minimum absolute atomic E-state index is 0.258. The van der Waals surface area contributed by atoms with Crippen molar-refractivity contribution in [1.29, 1.82) is 0 Å². The number of pyridine rings is 1. The summed E-state index contributed by atoms with van der Waals surface area (Å²) in [6.07, 6.45) is 4.84. The topological polar surface area (TPSA) is 93.4 Å². The molecule has 1 aliphatic rings. The number of nitrogens with zero attached hydrogens (tertiary/aromatic N) is 2. The fourth-order valence-corrected chi connectivity index (χ4v) is 4.40. The Hall–Kier alpha value is -3.80. The number of anilines is 1. The van der Waals surface area contributed by atoms with E-state index in [1.807, 2.05) is 48.5 Å². The smallest absolute Gasteiger partial charge is 0.247 e. The van der Waals surface area contributed by atoms with Gasteiger partial charge in [0.2, 0.25) is 18.7 Å². The number of hydrogen-bond acceptors (Lipinski definition) is 5. The van der Waals surface area contributed by atoms with E-state index in [9.17, 15) is 14.4 Å². The number of amides is 3. The molecule has 3 amide bonds. The highest BCUT2D eigenvalue weighted by Gasteiger charge is 2.39. The quantitative estimate of drug-likeness (QED) is 0.468. The van der Waals surface area contributed by atoms with Gasteiger partial charge in [0.05, 0.1) is 11.6 Å². The lowest BCUT2D eigenvalue weighted by Gasteiger charge is -2.20. The van der Waals surface area contributed by atoms with E-state index < -0.39 is 11.8 Å². The molecule has 1 aliphatic carbocycles. The normalized spacial score (nSPS) is 13.9. The number of nitrogens with two attached hydrogens (primary N) is 1.